The van der Waals surface area contributed by atoms with Crippen molar-refractivity contribution in [2.45, 2.75) is 19.8 Å². The van der Waals surface area contributed by atoms with Crippen LogP contribution in [0.5, 0.6) is 0 Å². The van der Waals surface area contributed by atoms with Crippen LogP contribution in [-0.2, 0) is 6.42 Å². The second kappa shape index (κ2) is 8.02. The molecule has 2 aromatic heterocycles. The molecule has 0 bridgehead atoms. The molecule has 0 aliphatic heterocycles. The highest BCUT2D eigenvalue weighted by Crippen LogP contribution is 2.26. The predicted molar refractivity (Wildman–Crippen MR) is 114 cm³/mol. The lowest BCUT2D eigenvalue weighted by Gasteiger charge is -2.05. The number of nitrogens with zero attached hydrogens (tertiary/aromatic N) is 5. The summed E-state index contributed by atoms with van der Waals surface area (Å²) < 4.78 is 1.78. The fourth-order valence-corrected chi connectivity index (χ4v) is 3.37. The molecule has 0 saturated carbocycles. The summed E-state index contributed by atoms with van der Waals surface area (Å²) in [5.41, 5.74) is 13.9. The Kier molecular flexibility index (Phi) is 5.11. The lowest BCUT2D eigenvalue weighted by Crippen LogP contribution is -2.00. The van der Waals surface area contributed by atoms with Crippen LogP contribution in [0.25, 0.3) is 27.9 Å². The quantitative estimate of drug-likeness (QED) is 0.172. The van der Waals surface area contributed by atoms with Gasteiger partial charge in [0.2, 0.25) is 0 Å². The van der Waals surface area contributed by atoms with E-state index in [1.807, 2.05) is 36.7 Å². The molecule has 0 amide bonds. The van der Waals surface area contributed by atoms with E-state index in [2.05, 4.69) is 51.5 Å². The van der Waals surface area contributed by atoms with Crippen LogP contribution in [0.15, 0.2) is 77.3 Å². The molecule has 0 aliphatic carbocycles. The Balaban J connectivity index is 1.70. The number of nitrogens with one attached hydrogen (secondary N) is 1. The molecule has 7 nitrogen and oxygen atoms in total. The maximum Gasteiger partial charge on any atom is 0.199 e. The molecule has 2 heterocycles. The molecule has 4 rings (SSSR count). The van der Waals surface area contributed by atoms with E-state index in [9.17, 15) is 0 Å². The van der Waals surface area contributed by atoms with Gasteiger partial charge in [0.1, 0.15) is 0 Å². The minimum Gasteiger partial charge on any atom is -0.321 e. The van der Waals surface area contributed by atoms with Crippen molar-refractivity contribution in [2.75, 3.05) is 0 Å². The smallest absolute Gasteiger partial charge is 0.199 e. The van der Waals surface area contributed by atoms with Crippen LogP contribution in [0.2, 0.25) is 0 Å². The number of fused-ring (bicyclic) bond motifs is 1. The first-order valence-corrected chi connectivity index (χ1v) is 9.42. The molecule has 0 spiro atoms. The lowest BCUT2D eigenvalue weighted by molar-refractivity contribution is 0.921. The van der Waals surface area contributed by atoms with Gasteiger partial charge in [-0.2, -0.15) is 10.2 Å². The molecule has 0 saturated heterocycles. The third-order valence-corrected chi connectivity index (χ3v) is 4.84. The van der Waals surface area contributed by atoms with Crippen LogP contribution in [-0.4, -0.2) is 20.4 Å². The van der Waals surface area contributed by atoms with Gasteiger partial charge in [0, 0.05) is 29.1 Å². The second-order valence-corrected chi connectivity index (χ2v) is 6.76. The second-order valence-electron chi connectivity index (χ2n) is 6.76. The monoisotopic (exact) mass is 383 g/mol. The first-order chi connectivity index (χ1) is 14.2. The van der Waals surface area contributed by atoms with Gasteiger partial charge in [0.05, 0.1) is 6.20 Å². The zero-order valence-electron chi connectivity index (χ0n) is 16.1. The highest BCUT2D eigenvalue weighted by Gasteiger charge is 2.11. The number of aromatic nitrogens is 3. The summed E-state index contributed by atoms with van der Waals surface area (Å²) in [5.74, 6) is 5.49. The Morgan fingerprint density at radius 3 is 2.62 bits per heavy atom. The molecule has 0 radical (unpaired) electrons. The van der Waals surface area contributed by atoms with Gasteiger partial charge in [-0.25, -0.2) is 15.0 Å². The minimum absolute atomic E-state index is 0.171. The normalized spacial score (nSPS) is 11.7. The van der Waals surface area contributed by atoms with Gasteiger partial charge in [0.25, 0.3) is 0 Å². The molecule has 2 aromatic carbocycles. The van der Waals surface area contributed by atoms with E-state index in [-0.39, 0.29) is 5.84 Å². The van der Waals surface area contributed by atoms with Crippen molar-refractivity contribution in [3.8, 4) is 22.3 Å². The summed E-state index contributed by atoms with van der Waals surface area (Å²) in [5, 5.41) is 11.4. The topological polar surface area (TPSA) is 105 Å². The van der Waals surface area contributed by atoms with E-state index in [4.69, 9.17) is 11.4 Å². The van der Waals surface area contributed by atoms with Gasteiger partial charge in [0.15, 0.2) is 11.5 Å². The Morgan fingerprint density at radius 1 is 1.07 bits per heavy atom. The predicted octanol–water partition coefficient (Wildman–Crippen LogP) is 4.67. The van der Waals surface area contributed by atoms with Crippen LogP contribution in [0.1, 0.15) is 24.5 Å². The zero-order valence-corrected chi connectivity index (χ0v) is 16.1. The first-order valence-electron chi connectivity index (χ1n) is 9.42. The number of amidine groups is 1. The highest BCUT2D eigenvalue weighted by molar-refractivity contribution is 6.00. The van der Waals surface area contributed by atoms with Gasteiger partial charge in [-0.05, 0) is 29.2 Å². The Labute approximate surface area is 168 Å². The average molecular weight is 383 g/mol. The molecule has 4 aromatic rings. The van der Waals surface area contributed by atoms with Crippen LogP contribution >= 0.6 is 0 Å². The lowest BCUT2D eigenvalue weighted by atomic mass is 10.0. The fourth-order valence-electron chi connectivity index (χ4n) is 3.37. The van der Waals surface area contributed by atoms with E-state index in [0.717, 1.165) is 40.7 Å². The van der Waals surface area contributed by atoms with Crippen molar-refractivity contribution in [3.63, 3.8) is 0 Å². The number of hydrazone groups is 1. The zero-order chi connectivity index (χ0) is 20.2. The number of rotatable bonds is 5. The molecule has 0 aliphatic rings. The summed E-state index contributed by atoms with van der Waals surface area (Å²) in [4.78, 5) is 4.65. The maximum atomic E-state index is 7.20. The number of hydrogen-bond donors (Lipinski definition) is 2. The number of nitrogens with two attached hydrogens (primary N) is 1. The van der Waals surface area contributed by atoms with E-state index in [1.54, 1.807) is 10.7 Å². The van der Waals surface area contributed by atoms with Gasteiger partial charge >= 0.3 is 0 Å². The van der Waals surface area contributed by atoms with E-state index in [1.165, 1.54) is 5.56 Å². The maximum absolute atomic E-state index is 7.20. The van der Waals surface area contributed by atoms with Crippen molar-refractivity contribution >= 4 is 11.5 Å². The molecule has 0 unspecified atom stereocenters. The van der Waals surface area contributed by atoms with E-state index < -0.39 is 0 Å². The third-order valence-electron chi connectivity index (χ3n) is 4.84. The Hall–Kier alpha value is -3.87. The molecular weight excluding hydrogens is 362 g/mol. The summed E-state index contributed by atoms with van der Waals surface area (Å²) in [6.07, 6.45) is 7.86. The van der Waals surface area contributed by atoms with Crippen LogP contribution in [0, 0.1) is 5.53 Å². The van der Waals surface area contributed by atoms with Crippen molar-refractivity contribution in [1.29, 1.82) is 5.53 Å². The Bertz CT molecular complexity index is 1190. The number of benzene rings is 2. The van der Waals surface area contributed by atoms with Gasteiger partial charge in [-0.15, -0.1) is 5.11 Å². The Morgan fingerprint density at radius 2 is 1.90 bits per heavy atom. The molecule has 3 N–H and O–H groups in total. The first kappa shape index (κ1) is 18.5. The third kappa shape index (κ3) is 3.62. The molecule has 0 fully saturated rings. The highest BCUT2D eigenvalue weighted by atomic mass is 15.2. The van der Waals surface area contributed by atoms with Crippen molar-refractivity contribution < 1.29 is 0 Å². The summed E-state index contributed by atoms with van der Waals surface area (Å²) in [7, 11) is 0. The molecular formula is C22H21N7. The molecule has 144 valence electrons. The van der Waals surface area contributed by atoms with E-state index >= 15 is 0 Å². The molecule has 7 heteroatoms. The van der Waals surface area contributed by atoms with Gasteiger partial charge in [-0.1, -0.05) is 55.8 Å². The van der Waals surface area contributed by atoms with Gasteiger partial charge < -0.3 is 5.84 Å². The van der Waals surface area contributed by atoms with Crippen molar-refractivity contribution in [1.82, 2.24) is 14.6 Å². The average Bonchev–Trinajstić information content (AvgIpc) is 3.19. The minimum atomic E-state index is 0.171. The molecule has 0 atom stereocenters. The van der Waals surface area contributed by atoms with Crippen molar-refractivity contribution in [2.24, 2.45) is 16.1 Å². The number of aryl methyl sites for hydroxylation is 1. The summed E-state index contributed by atoms with van der Waals surface area (Å²) >= 11 is 0. The van der Waals surface area contributed by atoms with Crippen LogP contribution in [0.4, 0.5) is 0 Å². The van der Waals surface area contributed by atoms with Crippen LogP contribution in [0.3, 0.4) is 0 Å². The largest absolute Gasteiger partial charge is 0.321 e. The standard InChI is InChI=1S/C22H21N7/c1-2-4-15-7-9-16(10-8-15)19-12-25-22-20(13-26-29(22)14-19)17-5-3-6-18(11-17)21(27-23)28-24/h3,5-14,23H,2,4,24H2,1H3. The summed E-state index contributed by atoms with van der Waals surface area (Å²) in [6.45, 7) is 2.18. The number of hydrogen-bond acceptors (Lipinski definition) is 5. The summed E-state index contributed by atoms with van der Waals surface area (Å²) in [6, 6.07) is 16.1. The SMILES string of the molecule is CCCc1ccc(-c2cnc3c(-c4cccc(C(N=N)=NN)c4)cnn3c2)cc1. The fraction of sp³-hybridized carbons (Fsp3) is 0.136. The molecule has 29 heavy (non-hydrogen) atoms. The van der Waals surface area contributed by atoms with Crippen molar-refractivity contribution in [3.05, 3.63) is 78.2 Å². The van der Waals surface area contributed by atoms with E-state index in [0.29, 0.717) is 5.56 Å². The van der Waals surface area contributed by atoms with Crippen LogP contribution < -0.4 is 5.84 Å². The van der Waals surface area contributed by atoms with Gasteiger partial charge in [-0.3, -0.25) is 0 Å².